The Labute approximate surface area is 187 Å². The lowest BCUT2D eigenvalue weighted by molar-refractivity contribution is -0.121. The van der Waals surface area contributed by atoms with Crippen molar-refractivity contribution >= 4 is 27.5 Å². The molecule has 0 aliphatic rings. The quantitative estimate of drug-likeness (QED) is 0.471. The zero-order chi connectivity index (χ0) is 22.3. The number of aromatic nitrogens is 2. The highest BCUT2D eigenvalue weighted by Gasteiger charge is 2.26. The summed E-state index contributed by atoms with van der Waals surface area (Å²) < 4.78 is 29.6. The number of halogens is 1. The van der Waals surface area contributed by atoms with Crippen molar-refractivity contribution in [2.75, 3.05) is 13.1 Å². The molecule has 1 N–H and O–H groups in total. The van der Waals surface area contributed by atoms with Crippen molar-refractivity contribution in [2.24, 2.45) is 0 Å². The molecule has 1 aromatic heterocycles. The molecule has 0 unspecified atom stereocenters. The molecule has 0 atom stereocenters. The number of hydrogen-bond donors (Lipinski definition) is 1. The van der Waals surface area contributed by atoms with Crippen LogP contribution in [0.2, 0.25) is 5.02 Å². The van der Waals surface area contributed by atoms with Crippen LogP contribution in [0.4, 0.5) is 0 Å². The molecule has 3 aromatic rings. The first kappa shape index (κ1) is 23.0. The summed E-state index contributed by atoms with van der Waals surface area (Å²) in [4.78, 5) is 16.6. The molecule has 9 heteroatoms. The van der Waals surface area contributed by atoms with Crippen LogP contribution in [0, 0.1) is 6.92 Å². The van der Waals surface area contributed by atoms with E-state index >= 15 is 0 Å². The van der Waals surface area contributed by atoms with Gasteiger partial charge in [0, 0.05) is 37.1 Å². The van der Waals surface area contributed by atoms with Crippen LogP contribution in [0.5, 0.6) is 0 Å². The van der Waals surface area contributed by atoms with E-state index in [2.05, 4.69) is 10.3 Å². The van der Waals surface area contributed by atoms with Gasteiger partial charge in [0.25, 0.3) is 0 Å². The molecule has 0 bridgehead atoms. The fraction of sp³-hybridized carbons (Fsp3) is 0.273. The molecule has 0 aliphatic carbocycles. The summed E-state index contributed by atoms with van der Waals surface area (Å²) in [5.74, 6) is -0.352. The van der Waals surface area contributed by atoms with Gasteiger partial charge in [-0.05, 0) is 43.2 Å². The van der Waals surface area contributed by atoms with Crippen LogP contribution in [0.1, 0.15) is 17.5 Å². The molecule has 0 saturated heterocycles. The van der Waals surface area contributed by atoms with Gasteiger partial charge in [-0.25, -0.2) is 13.4 Å². The molecular formula is C22H25ClN4O3S. The third-order valence-electron chi connectivity index (χ3n) is 4.73. The predicted octanol–water partition coefficient (Wildman–Crippen LogP) is 3.24. The van der Waals surface area contributed by atoms with Gasteiger partial charge in [-0.3, -0.25) is 4.79 Å². The SMILES string of the molecule is Cc1ccc(CN(CC(=O)NCCCn2ccnc2)S(=O)(=O)c2ccc(Cl)cc2)cc1. The molecule has 1 amide bonds. The van der Waals surface area contributed by atoms with Crippen molar-refractivity contribution in [3.05, 3.63) is 83.4 Å². The van der Waals surface area contributed by atoms with E-state index in [-0.39, 0.29) is 23.9 Å². The largest absolute Gasteiger partial charge is 0.355 e. The van der Waals surface area contributed by atoms with Crippen LogP contribution in [-0.2, 0) is 27.9 Å². The monoisotopic (exact) mass is 460 g/mol. The number of rotatable bonds is 10. The lowest BCUT2D eigenvalue weighted by atomic mass is 10.1. The number of benzene rings is 2. The predicted molar refractivity (Wildman–Crippen MR) is 120 cm³/mol. The Morgan fingerprint density at radius 2 is 1.84 bits per heavy atom. The van der Waals surface area contributed by atoms with Gasteiger partial charge in [-0.1, -0.05) is 41.4 Å². The van der Waals surface area contributed by atoms with Gasteiger partial charge in [0.2, 0.25) is 15.9 Å². The molecular weight excluding hydrogens is 436 g/mol. The van der Waals surface area contributed by atoms with Crippen molar-refractivity contribution in [1.29, 1.82) is 0 Å². The molecule has 3 rings (SSSR count). The summed E-state index contributed by atoms with van der Waals surface area (Å²) in [6, 6.07) is 13.5. The van der Waals surface area contributed by atoms with Crippen LogP contribution < -0.4 is 5.32 Å². The number of nitrogens with zero attached hydrogens (tertiary/aromatic N) is 3. The molecule has 2 aromatic carbocycles. The van der Waals surface area contributed by atoms with E-state index in [0.29, 0.717) is 18.0 Å². The van der Waals surface area contributed by atoms with Crippen LogP contribution in [-0.4, -0.2) is 41.3 Å². The number of hydrogen-bond acceptors (Lipinski definition) is 4. The van der Waals surface area contributed by atoms with Crippen LogP contribution in [0.25, 0.3) is 0 Å². The number of carbonyl (C=O) groups excluding carboxylic acids is 1. The van der Waals surface area contributed by atoms with E-state index in [1.165, 1.54) is 28.6 Å². The Hall–Kier alpha value is -2.68. The third-order valence-corrected chi connectivity index (χ3v) is 6.78. The Bertz CT molecular complexity index is 1080. The van der Waals surface area contributed by atoms with E-state index in [0.717, 1.165) is 17.7 Å². The summed E-state index contributed by atoms with van der Waals surface area (Å²) in [5, 5.41) is 3.25. The molecule has 0 radical (unpaired) electrons. The van der Waals surface area contributed by atoms with Crippen LogP contribution in [0.15, 0.2) is 72.1 Å². The van der Waals surface area contributed by atoms with Gasteiger partial charge >= 0.3 is 0 Å². The standard InChI is InChI=1S/C22H25ClN4O3S/c1-18-3-5-19(6-4-18)15-27(31(29,30)21-9-7-20(23)8-10-21)16-22(28)25-11-2-13-26-14-12-24-17-26/h3-10,12,14,17H,2,11,13,15-16H2,1H3,(H,25,28). The van der Waals surface area contributed by atoms with Crippen LogP contribution in [0.3, 0.4) is 0 Å². The lowest BCUT2D eigenvalue weighted by Gasteiger charge is -2.22. The Kier molecular flexibility index (Phi) is 7.84. The maximum atomic E-state index is 13.2. The zero-order valence-electron chi connectivity index (χ0n) is 17.2. The minimum atomic E-state index is -3.89. The molecule has 0 fully saturated rings. The summed E-state index contributed by atoms with van der Waals surface area (Å²) in [6.45, 7) is 2.94. The second kappa shape index (κ2) is 10.6. The lowest BCUT2D eigenvalue weighted by Crippen LogP contribution is -2.40. The highest BCUT2D eigenvalue weighted by atomic mass is 35.5. The number of sulfonamides is 1. The van der Waals surface area contributed by atoms with Crippen LogP contribution >= 0.6 is 11.6 Å². The molecule has 7 nitrogen and oxygen atoms in total. The normalized spacial score (nSPS) is 11.6. The fourth-order valence-electron chi connectivity index (χ4n) is 3.00. The topological polar surface area (TPSA) is 84.3 Å². The molecule has 0 aliphatic heterocycles. The highest BCUT2D eigenvalue weighted by molar-refractivity contribution is 7.89. The average molecular weight is 461 g/mol. The Morgan fingerprint density at radius 3 is 2.48 bits per heavy atom. The molecule has 0 spiro atoms. The van der Waals surface area contributed by atoms with Crippen molar-refractivity contribution < 1.29 is 13.2 Å². The minimum absolute atomic E-state index is 0.0910. The van der Waals surface area contributed by atoms with E-state index < -0.39 is 10.0 Å². The van der Waals surface area contributed by atoms with Gasteiger partial charge in [0.05, 0.1) is 17.8 Å². The summed E-state index contributed by atoms with van der Waals surface area (Å²) in [7, 11) is -3.89. The second-order valence-electron chi connectivity index (χ2n) is 7.22. The van der Waals surface area contributed by atoms with E-state index in [1.807, 2.05) is 42.0 Å². The average Bonchev–Trinajstić information content (AvgIpc) is 3.26. The number of amides is 1. The first-order valence-corrected chi connectivity index (χ1v) is 11.7. The molecule has 1 heterocycles. The summed E-state index contributed by atoms with van der Waals surface area (Å²) in [6.07, 6.45) is 5.97. The number of imidazole rings is 1. The first-order chi connectivity index (χ1) is 14.8. The minimum Gasteiger partial charge on any atom is -0.355 e. The summed E-state index contributed by atoms with van der Waals surface area (Å²) >= 11 is 5.90. The number of nitrogens with one attached hydrogen (secondary N) is 1. The molecule has 0 saturated carbocycles. The van der Waals surface area contributed by atoms with E-state index in [4.69, 9.17) is 11.6 Å². The van der Waals surface area contributed by atoms with Crippen molar-refractivity contribution in [2.45, 2.75) is 31.3 Å². The zero-order valence-corrected chi connectivity index (χ0v) is 18.8. The highest BCUT2D eigenvalue weighted by Crippen LogP contribution is 2.20. The van der Waals surface area contributed by atoms with Gasteiger partial charge in [-0.15, -0.1) is 0 Å². The van der Waals surface area contributed by atoms with E-state index in [1.54, 1.807) is 12.5 Å². The van der Waals surface area contributed by atoms with Gasteiger partial charge in [-0.2, -0.15) is 4.31 Å². The van der Waals surface area contributed by atoms with Crippen molar-refractivity contribution in [3.8, 4) is 0 Å². The Balaban J connectivity index is 1.69. The maximum absolute atomic E-state index is 13.2. The van der Waals surface area contributed by atoms with Crippen molar-refractivity contribution in [3.63, 3.8) is 0 Å². The van der Waals surface area contributed by atoms with Gasteiger partial charge in [0.15, 0.2) is 0 Å². The van der Waals surface area contributed by atoms with Gasteiger partial charge in [0.1, 0.15) is 0 Å². The van der Waals surface area contributed by atoms with Gasteiger partial charge < -0.3 is 9.88 Å². The fourth-order valence-corrected chi connectivity index (χ4v) is 4.51. The molecule has 31 heavy (non-hydrogen) atoms. The smallest absolute Gasteiger partial charge is 0.243 e. The second-order valence-corrected chi connectivity index (χ2v) is 9.59. The third kappa shape index (κ3) is 6.65. The van der Waals surface area contributed by atoms with Crippen molar-refractivity contribution in [1.82, 2.24) is 19.2 Å². The first-order valence-electron chi connectivity index (χ1n) is 9.88. The molecule has 164 valence electrons. The number of carbonyl (C=O) groups is 1. The summed E-state index contributed by atoms with van der Waals surface area (Å²) in [5.41, 5.74) is 1.88. The number of aryl methyl sites for hydroxylation is 2. The van der Waals surface area contributed by atoms with E-state index in [9.17, 15) is 13.2 Å². The maximum Gasteiger partial charge on any atom is 0.243 e. The Morgan fingerprint density at radius 1 is 1.13 bits per heavy atom.